The molecule has 3 rings (SSSR count). The molecule has 0 radical (unpaired) electrons. The fourth-order valence-electron chi connectivity index (χ4n) is 4.52. The zero-order valence-corrected chi connectivity index (χ0v) is 18.5. The van der Waals surface area contributed by atoms with E-state index < -0.39 is 0 Å². The smallest absolute Gasteiger partial charge is 0.0388 e. The van der Waals surface area contributed by atoms with Crippen LogP contribution in [0.15, 0.2) is 46.6 Å². The maximum atomic E-state index is 2.43. The van der Waals surface area contributed by atoms with Crippen LogP contribution in [-0.2, 0) is 0 Å². The fraction of sp³-hybridized carbons (Fsp3) is 0.391. The standard InChI is InChI=1S/C23H30Si/c1-12-10-14(3)21(16(12)5)19-8-9-20(24)18(7)23(19)22-15(4)11-13(2)17(22)6/h8-11,14-15H,1-7,24H3. The molecule has 0 spiro atoms. The van der Waals surface area contributed by atoms with E-state index in [-0.39, 0.29) is 0 Å². The first-order valence-corrected chi connectivity index (χ1v) is 10.1. The van der Waals surface area contributed by atoms with Crippen LogP contribution in [0.2, 0.25) is 0 Å². The van der Waals surface area contributed by atoms with Gasteiger partial charge in [-0.3, -0.25) is 0 Å². The van der Waals surface area contributed by atoms with Gasteiger partial charge in [0.1, 0.15) is 0 Å². The van der Waals surface area contributed by atoms with Crippen molar-refractivity contribution in [1.29, 1.82) is 0 Å². The Hall–Kier alpha value is -1.60. The number of hydrogen-bond acceptors (Lipinski definition) is 0. The third-order valence-electron chi connectivity index (χ3n) is 6.20. The first-order chi connectivity index (χ1) is 11.2. The summed E-state index contributed by atoms with van der Waals surface area (Å²) in [6.07, 6.45) is 4.84. The van der Waals surface area contributed by atoms with Crippen LogP contribution in [0.3, 0.4) is 0 Å². The maximum absolute atomic E-state index is 2.43. The van der Waals surface area contributed by atoms with Crippen molar-refractivity contribution in [3.05, 3.63) is 63.3 Å². The lowest BCUT2D eigenvalue weighted by molar-refractivity contribution is 0.958. The molecular weight excluding hydrogens is 304 g/mol. The molecule has 2 aliphatic rings. The van der Waals surface area contributed by atoms with E-state index in [4.69, 9.17) is 0 Å². The summed E-state index contributed by atoms with van der Waals surface area (Å²) in [7, 11) is 1.11. The molecule has 0 aromatic heterocycles. The lowest BCUT2D eigenvalue weighted by atomic mass is 9.82. The Kier molecular flexibility index (Phi) is 4.33. The van der Waals surface area contributed by atoms with Crippen LogP contribution in [-0.4, -0.2) is 10.2 Å². The van der Waals surface area contributed by atoms with Crippen molar-refractivity contribution in [2.24, 2.45) is 11.8 Å². The van der Waals surface area contributed by atoms with Crippen molar-refractivity contribution in [2.45, 2.75) is 48.5 Å². The molecule has 0 amide bonds. The number of rotatable bonds is 2. The van der Waals surface area contributed by atoms with Crippen molar-refractivity contribution in [3.8, 4) is 0 Å². The minimum absolute atomic E-state index is 0.509. The molecule has 2 atom stereocenters. The van der Waals surface area contributed by atoms with E-state index in [0.29, 0.717) is 11.8 Å². The highest BCUT2D eigenvalue weighted by Crippen LogP contribution is 2.45. The molecular formula is C23H30Si. The Morgan fingerprint density at radius 3 is 1.71 bits per heavy atom. The van der Waals surface area contributed by atoms with E-state index in [9.17, 15) is 0 Å². The normalized spacial score (nSPS) is 24.1. The summed E-state index contributed by atoms with van der Waals surface area (Å²) in [4.78, 5) is 0. The van der Waals surface area contributed by atoms with Gasteiger partial charge in [0.05, 0.1) is 0 Å². The van der Waals surface area contributed by atoms with Crippen molar-refractivity contribution >= 4 is 26.6 Å². The summed E-state index contributed by atoms with van der Waals surface area (Å²) in [6.45, 7) is 16.1. The molecule has 0 fully saturated rings. The van der Waals surface area contributed by atoms with E-state index in [1.54, 1.807) is 5.57 Å². The first-order valence-electron chi connectivity index (χ1n) is 9.14. The number of benzene rings is 1. The Balaban J connectivity index is 2.31. The molecule has 0 aliphatic heterocycles. The minimum Gasteiger partial charge on any atom is -0.0740 e. The first kappa shape index (κ1) is 17.2. The van der Waals surface area contributed by atoms with Crippen LogP contribution in [0, 0.1) is 18.8 Å². The summed E-state index contributed by atoms with van der Waals surface area (Å²) in [5.74, 6) is 1.02. The van der Waals surface area contributed by atoms with Crippen LogP contribution in [0.4, 0.5) is 0 Å². The zero-order chi connectivity index (χ0) is 17.8. The Morgan fingerprint density at radius 1 is 0.750 bits per heavy atom. The topological polar surface area (TPSA) is 0 Å². The second-order valence-electron chi connectivity index (χ2n) is 7.78. The van der Waals surface area contributed by atoms with Crippen LogP contribution in [0.5, 0.6) is 0 Å². The highest BCUT2D eigenvalue weighted by molar-refractivity contribution is 6.33. The molecule has 0 saturated heterocycles. The number of hydrogen-bond donors (Lipinski definition) is 0. The average molecular weight is 335 g/mol. The molecule has 0 bridgehead atoms. The molecule has 0 heterocycles. The van der Waals surface area contributed by atoms with Gasteiger partial charge < -0.3 is 0 Å². The van der Waals surface area contributed by atoms with Crippen molar-refractivity contribution < 1.29 is 0 Å². The third kappa shape index (κ3) is 2.50. The molecule has 1 aromatic rings. The van der Waals surface area contributed by atoms with E-state index in [2.05, 4.69) is 72.8 Å². The zero-order valence-electron chi connectivity index (χ0n) is 16.5. The molecule has 0 N–H and O–H groups in total. The van der Waals surface area contributed by atoms with Crippen molar-refractivity contribution in [3.63, 3.8) is 0 Å². The molecule has 1 heteroatoms. The van der Waals surface area contributed by atoms with Gasteiger partial charge in [-0.25, -0.2) is 0 Å². The SMILES string of the molecule is CC1=CC(C)C(c2ccc([SiH3])c(C)c2C2=C(C)C(C)=CC2C)=C1C. The molecule has 2 unspecified atom stereocenters. The highest BCUT2D eigenvalue weighted by atomic mass is 28.1. The fourth-order valence-corrected chi connectivity index (χ4v) is 4.94. The summed E-state index contributed by atoms with van der Waals surface area (Å²) >= 11 is 0. The van der Waals surface area contributed by atoms with Crippen LogP contribution in [0.25, 0.3) is 11.1 Å². The molecule has 24 heavy (non-hydrogen) atoms. The van der Waals surface area contributed by atoms with Gasteiger partial charge in [0, 0.05) is 22.1 Å². The van der Waals surface area contributed by atoms with Crippen LogP contribution >= 0.6 is 0 Å². The van der Waals surface area contributed by atoms with Gasteiger partial charge in [0.2, 0.25) is 0 Å². The maximum Gasteiger partial charge on any atom is 0.0388 e. The molecule has 1 aromatic carbocycles. The van der Waals surface area contributed by atoms with Gasteiger partial charge >= 0.3 is 0 Å². The van der Waals surface area contributed by atoms with Gasteiger partial charge in [-0.2, -0.15) is 0 Å². The Labute approximate surface area is 150 Å². The van der Waals surface area contributed by atoms with E-state index in [1.807, 2.05) is 0 Å². The largest absolute Gasteiger partial charge is 0.0740 e. The van der Waals surface area contributed by atoms with Gasteiger partial charge in [0.25, 0.3) is 0 Å². The highest BCUT2D eigenvalue weighted by Gasteiger charge is 2.28. The van der Waals surface area contributed by atoms with Gasteiger partial charge in [-0.15, -0.1) is 0 Å². The predicted molar refractivity (Wildman–Crippen MR) is 112 cm³/mol. The quantitative estimate of drug-likeness (QED) is 0.686. The van der Waals surface area contributed by atoms with E-state index in [0.717, 1.165) is 10.2 Å². The van der Waals surface area contributed by atoms with Gasteiger partial charge in [-0.05, 0) is 73.6 Å². The van der Waals surface area contributed by atoms with Crippen molar-refractivity contribution in [1.82, 2.24) is 0 Å². The van der Waals surface area contributed by atoms with Gasteiger partial charge in [0.15, 0.2) is 0 Å². The predicted octanol–water partition coefficient (Wildman–Crippen LogP) is 4.72. The summed E-state index contributed by atoms with van der Waals surface area (Å²) in [6, 6.07) is 4.75. The molecule has 0 nitrogen and oxygen atoms in total. The summed E-state index contributed by atoms with van der Waals surface area (Å²) in [5, 5.41) is 1.53. The van der Waals surface area contributed by atoms with E-state index in [1.165, 1.54) is 49.7 Å². The average Bonchev–Trinajstić information content (AvgIpc) is 2.91. The molecule has 2 aliphatic carbocycles. The van der Waals surface area contributed by atoms with E-state index >= 15 is 0 Å². The second kappa shape index (κ2) is 6.04. The lowest BCUT2D eigenvalue weighted by Gasteiger charge is -2.23. The third-order valence-corrected chi connectivity index (χ3v) is 7.28. The van der Waals surface area contributed by atoms with Crippen LogP contribution in [0.1, 0.15) is 58.2 Å². The van der Waals surface area contributed by atoms with Crippen molar-refractivity contribution in [2.75, 3.05) is 0 Å². The Morgan fingerprint density at radius 2 is 1.25 bits per heavy atom. The second-order valence-corrected chi connectivity index (χ2v) is 8.86. The molecule has 126 valence electrons. The molecule has 0 saturated carbocycles. The summed E-state index contributed by atoms with van der Waals surface area (Å²) < 4.78 is 0. The minimum atomic E-state index is 0.509. The Bertz CT molecular complexity index is 843. The number of allylic oxidation sites excluding steroid dienone is 8. The van der Waals surface area contributed by atoms with Gasteiger partial charge in [-0.1, -0.05) is 54.5 Å². The lowest BCUT2D eigenvalue weighted by Crippen LogP contribution is -2.14. The monoisotopic (exact) mass is 334 g/mol. The summed E-state index contributed by atoms with van der Waals surface area (Å²) in [5.41, 5.74) is 13.4. The van der Waals surface area contributed by atoms with Crippen LogP contribution < -0.4 is 5.19 Å².